The molecule has 0 saturated carbocycles. The second-order valence-corrected chi connectivity index (χ2v) is 4.95. The minimum Gasteiger partial charge on any atom is -0.507 e. The Balaban J connectivity index is 2.67. The quantitative estimate of drug-likeness (QED) is 0.564. The number of hydrogen-bond acceptors (Lipinski definition) is 1. The van der Waals surface area contributed by atoms with Gasteiger partial charge in [0.15, 0.2) is 0 Å². The van der Waals surface area contributed by atoms with Crippen LogP contribution in [0.4, 0.5) is 0 Å². The fourth-order valence-corrected chi connectivity index (χ4v) is 2.80. The van der Waals surface area contributed by atoms with Crippen LogP contribution in [0.3, 0.4) is 0 Å². The number of rotatable bonds is 0. The van der Waals surface area contributed by atoms with Gasteiger partial charge in [0.2, 0.25) is 0 Å². The third-order valence-corrected chi connectivity index (χ3v) is 3.89. The van der Waals surface area contributed by atoms with E-state index in [1.165, 1.54) is 16.3 Å². The molecule has 0 unspecified atom stereocenters. The summed E-state index contributed by atoms with van der Waals surface area (Å²) in [6.45, 7) is 6.15. The van der Waals surface area contributed by atoms with Gasteiger partial charge in [0.05, 0.1) is 0 Å². The Morgan fingerprint density at radius 3 is 2.00 bits per heavy atom. The first kappa shape index (κ1) is 11.1. The predicted molar refractivity (Wildman–Crippen MR) is 77.3 cm³/mol. The van der Waals surface area contributed by atoms with E-state index < -0.39 is 0 Å². The van der Waals surface area contributed by atoms with Crippen LogP contribution in [0.25, 0.3) is 21.5 Å². The van der Waals surface area contributed by atoms with Crippen LogP contribution < -0.4 is 0 Å². The zero-order valence-electron chi connectivity index (χ0n) is 10.9. The third-order valence-electron chi connectivity index (χ3n) is 3.89. The van der Waals surface area contributed by atoms with Gasteiger partial charge in [0, 0.05) is 5.39 Å². The topological polar surface area (TPSA) is 20.2 Å². The normalized spacial score (nSPS) is 11.3. The zero-order chi connectivity index (χ0) is 12.9. The molecule has 3 rings (SSSR count). The van der Waals surface area contributed by atoms with Crippen LogP contribution in [0.1, 0.15) is 16.7 Å². The zero-order valence-corrected chi connectivity index (χ0v) is 10.9. The Bertz CT molecular complexity index is 770. The molecule has 0 atom stereocenters. The number of aryl methyl sites for hydroxylation is 3. The largest absolute Gasteiger partial charge is 0.507 e. The smallest absolute Gasteiger partial charge is 0.126 e. The summed E-state index contributed by atoms with van der Waals surface area (Å²) in [5, 5.41) is 15.0. The highest BCUT2D eigenvalue weighted by molar-refractivity contribution is 6.07. The molecule has 0 aromatic heterocycles. The summed E-state index contributed by atoms with van der Waals surface area (Å²) in [7, 11) is 0. The average molecular weight is 236 g/mol. The first-order valence-corrected chi connectivity index (χ1v) is 6.21. The number of hydrogen-bond donors (Lipinski definition) is 1. The molecule has 1 nitrogen and oxygen atoms in total. The Kier molecular flexibility index (Phi) is 2.30. The number of phenolic OH excluding ortho intramolecular Hbond substituents is 1. The molecule has 0 amide bonds. The first-order valence-electron chi connectivity index (χ1n) is 6.21. The van der Waals surface area contributed by atoms with E-state index in [4.69, 9.17) is 0 Å². The van der Waals surface area contributed by atoms with E-state index in [9.17, 15) is 5.11 Å². The van der Waals surface area contributed by atoms with E-state index >= 15 is 0 Å². The molecule has 0 aliphatic rings. The van der Waals surface area contributed by atoms with Gasteiger partial charge in [-0.05, 0) is 53.6 Å². The molecule has 1 heteroatoms. The van der Waals surface area contributed by atoms with Crippen LogP contribution in [-0.2, 0) is 0 Å². The second kappa shape index (κ2) is 3.74. The lowest BCUT2D eigenvalue weighted by Gasteiger charge is -2.14. The Hall–Kier alpha value is -2.02. The third kappa shape index (κ3) is 1.34. The summed E-state index contributed by atoms with van der Waals surface area (Å²) in [4.78, 5) is 0. The highest BCUT2D eigenvalue weighted by Crippen LogP contribution is 2.37. The molecular weight excluding hydrogens is 220 g/mol. The van der Waals surface area contributed by atoms with Gasteiger partial charge in [-0.25, -0.2) is 0 Å². The minimum absolute atomic E-state index is 0.416. The molecule has 0 radical (unpaired) electrons. The Morgan fingerprint density at radius 1 is 0.722 bits per heavy atom. The van der Waals surface area contributed by atoms with E-state index in [1.54, 1.807) is 0 Å². The van der Waals surface area contributed by atoms with E-state index in [2.05, 4.69) is 38.1 Å². The molecule has 0 fully saturated rings. The maximum absolute atomic E-state index is 10.3. The highest BCUT2D eigenvalue weighted by atomic mass is 16.3. The van der Waals surface area contributed by atoms with Crippen LogP contribution in [0.2, 0.25) is 0 Å². The molecule has 18 heavy (non-hydrogen) atoms. The van der Waals surface area contributed by atoms with Crippen molar-refractivity contribution in [1.29, 1.82) is 0 Å². The van der Waals surface area contributed by atoms with E-state index in [-0.39, 0.29) is 0 Å². The molecule has 0 aliphatic carbocycles. The maximum atomic E-state index is 10.3. The van der Waals surface area contributed by atoms with Gasteiger partial charge >= 0.3 is 0 Å². The lowest BCUT2D eigenvalue weighted by Crippen LogP contribution is -1.89. The Labute approximate surface area is 107 Å². The standard InChI is InChI=1S/C17H16O/c1-10-8-9-15-11(2)13-6-4-5-7-14(13)12(3)16(15)17(10)18/h4-9,18H,1-3H3. The van der Waals surface area contributed by atoms with Gasteiger partial charge in [-0.2, -0.15) is 0 Å². The molecular formula is C17H16O. The van der Waals surface area contributed by atoms with Crippen molar-refractivity contribution in [2.45, 2.75) is 20.8 Å². The molecule has 3 aromatic carbocycles. The fraction of sp³-hybridized carbons (Fsp3) is 0.176. The van der Waals surface area contributed by atoms with Gasteiger partial charge in [-0.1, -0.05) is 36.4 Å². The van der Waals surface area contributed by atoms with Crippen LogP contribution in [0.15, 0.2) is 36.4 Å². The lowest BCUT2D eigenvalue weighted by molar-refractivity contribution is 0.477. The van der Waals surface area contributed by atoms with Crippen molar-refractivity contribution in [1.82, 2.24) is 0 Å². The van der Waals surface area contributed by atoms with Crippen molar-refractivity contribution in [2.75, 3.05) is 0 Å². The summed E-state index contributed by atoms with van der Waals surface area (Å²) in [5.41, 5.74) is 3.33. The van der Waals surface area contributed by atoms with E-state index in [0.717, 1.165) is 21.9 Å². The molecule has 90 valence electrons. The molecule has 0 heterocycles. The molecule has 3 aromatic rings. The SMILES string of the molecule is Cc1ccc2c(C)c3ccccc3c(C)c2c1O. The first-order chi connectivity index (χ1) is 8.61. The number of fused-ring (bicyclic) bond motifs is 2. The fourth-order valence-electron chi connectivity index (χ4n) is 2.80. The highest BCUT2D eigenvalue weighted by Gasteiger charge is 2.12. The van der Waals surface area contributed by atoms with Gasteiger partial charge in [0.1, 0.15) is 5.75 Å². The van der Waals surface area contributed by atoms with Gasteiger partial charge < -0.3 is 5.11 Å². The summed E-state index contributed by atoms with van der Waals surface area (Å²) < 4.78 is 0. The Morgan fingerprint density at radius 2 is 1.33 bits per heavy atom. The summed E-state index contributed by atoms with van der Waals surface area (Å²) in [5.74, 6) is 0.416. The van der Waals surface area contributed by atoms with Crippen LogP contribution >= 0.6 is 0 Å². The molecule has 0 spiro atoms. The van der Waals surface area contributed by atoms with E-state index in [1.807, 2.05) is 19.1 Å². The average Bonchev–Trinajstić information content (AvgIpc) is 2.39. The van der Waals surface area contributed by atoms with Gasteiger partial charge in [-0.15, -0.1) is 0 Å². The molecule has 0 bridgehead atoms. The summed E-state index contributed by atoms with van der Waals surface area (Å²) >= 11 is 0. The van der Waals surface area contributed by atoms with Crippen molar-refractivity contribution in [3.63, 3.8) is 0 Å². The lowest BCUT2D eigenvalue weighted by atomic mass is 9.91. The van der Waals surface area contributed by atoms with Gasteiger partial charge in [-0.3, -0.25) is 0 Å². The molecule has 0 aliphatic heterocycles. The van der Waals surface area contributed by atoms with Crippen molar-refractivity contribution in [3.8, 4) is 5.75 Å². The van der Waals surface area contributed by atoms with Crippen LogP contribution in [0.5, 0.6) is 5.75 Å². The number of benzene rings is 3. The van der Waals surface area contributed by atoms with Crippen molar-refractivity contribution in [2.24, 2.45) is 0 Å². The molecule has 1 N–H and O–H groups in total. The van der Waals surface area contributed by atoms with Crippen LogP contribution in [-0.4, -0.2) is 5.11 Å². The second-order valence-electron chi connectivity index (χ2n) is 4.95. The van der Waals surface area contributed by atoms with Crippen LogP contribution in [0, 0.1) is 20.8 Å². The van der Waals surface area contributed by atoms with Crippen molar-refractivity contribution in [3.05, 3.63) is 53.1 Å². The van der Waals surface area contributed by atoms with E-state index in [0.29, 0.717) is 5.75 Å². The molecule has 0 saturated heterocycles. The van der Waals surface area contributed by atoms with Crippen molar-refractivity contribution >= 4 is 21.5 Å². The number of phenols is 1. The summed E-state index contributed by atoms with van der Waals surface area (Å²) in [6.07, 6.45) is 0. The van der Waals surface area contributed by atoms with Gasteiger partial charge in [0.25, 0.3) is 0 Å². The number of aromatic hydroxyl groups is 1. The predicted octanol–water partition coefficient (Wildman–Crippen LogP) is 4.62. The van der Waals surface area contributed by atoms with Crippen molar-refractivity contribution < 1.29 is 5.11 Å². The maximum Gasteiger partial charge on any atom is 0.126 e. The monoisotopic (exact) mass is 236 g/mol. The summed E-state index contributed by atoms with van der Waals surface area (Å²) in [6, 6.07) is 12.5. The minimum atomic E-state index is 0.416.